The van der Waals surface area contributed by atoms with Gasteiger partial charge in [0, 0.05) is 6.08 Å². The molecule has 0 saturated heterocycles. The summed E-state index contributed by atoms with van der Waals surface area (Å²) in [5.41, 5.74) is 1.96. The van der Waals surface area contributed by atoms with Crippen molar-refractivity contribution in [3.8, 4) is 6.07 Å². The zero-order valence-electron chi connectivity index (χ0n) is 11.2. The monoisotopic (exact) mass is 279 g/mol. The van der Waals surface area contributed by atoms with Gasteiger partial charge < -0.3 is 0 Å². The Morgan fingerprint density at radius 2 is 1.90 bits per heavy atom. The molecular weight excluding hydrogens is 263 g/mol. The van der Waals surface area contributed by atoms with Crippen LogP contribution >= 0.6 is 0 Å². The molecule has 0 aromatic heterocycles. The van der Waals surface area contributed by atoms with Crippen LogP contribution in [0.15, 0.2) is 42.0 Å². The molecule has 4 heteroatoms. The van der Waals surface area contributed by atoms with Crippen LogP contribution < -0.4 is 0 Å². The number of nitriles is 1. The predicted octanol–water partition coefficient (Wildman–Crippen LogP) is 5.25. The first-order chi connectivity index (χ1) is 9.44. The zero-order valence-corrected chi connectivity index (χ0v) is 11.2. The third-order valence-electron chi connectivity index (χ3n) is 2.70. The van der Waals surface area contributed by atoms with E-state index in [-0.39, 0.29) is 6.08 Å². The predicted molar refractivity (Wildman–Crippen MR) is 73.9 cm³/mol. The smallest absolute Gasteiger partial charge is 0.192 e. The molecular formula is C16H16F3N. The number of rotatable bonds is 5. The number of alkyl halides is 3. The minimum absolute atomic E-state index is 0.262. The summed E-state index contributed by atoms with van der Waals surface area (Å²) in [6.45, 7) is 1.99. The van der Waals surface area contributed by atoms with Crippen molar-refractivity contribution in [2.45, 2.75) is 32.4 Å². The van der Waals surface area contributed by atoms with E-state index in [1.807, 2.05) is 13.0 Å². The van der Waals surface area contributed by atoms with E-state index < -0.39 is 6.18 Å². The summed E-state index contributed by atoms with van der Waals surface area (Å²) in [7, 11) is 0. The SMILES string of the molecule is CCCCC(/C=C/C(F)(F)F)=C\c1ccc(C#N)cc1. The van der Waals surface area contributed by atoms with Crippen LogP contribution in [0.3, 0.4) is 0 Å². The van der Waals surface area contributed by atoms with Crippen molar-refractivity contribution in [2.24, 2.45) is 0 Å². The molecule has 0 aliphatic rings. The molecule has 0 N–H and O–H groups in total. The Balaban J connectivity index is 2.93. The van der Waals surface area contributed by atoms with Crippen LogP contribution in [-0.2, 0) is 0 Å². The molecule has 1 aromatic carbocycles. The van der Waals surface area contributed by atoms with E-state index in [2.05, 4.69) is 0 Å². The lowest BCUT2D eigenvalue weighted by Crippen LogP contribution is -2.00. The van der Waals surface area contributed by atoms with Gasteiger partial charge in [0.1, 0.15) is 0 Å². The standard InChI is InChI=1S/C16H16F3N/c1-2-3-4-13(9-10-16(17,18)19)11-14-5-7-15(12-20)8-6-14/h5-11H,2-4H2,1H3/b10-9+,13-11+. The van der Waals surface area contributed by atoms with E-state index in [0.29, 0.717) is 17.6 Å². The number of unbranched alkanes of at least 4 members (excludes halogenated alkanes) is 1. The van der Waals surface area contributed by atoms with Gasteiger partial charge in [-0.1, -0.05) is 37.6 Å². The number of hydrogen-bond acceptors (Lipinski definition) is 1. The highest BCUT2D eigenvalue weighted by molar-refractivity contribution is 5.56. The molecule has 0 aliphatic heterocycles. The van der Waals surface area contributed by atoms with E-state index in [4.69, 9.17) is 5.26 Å². The molecule has 0 atom stereocenters. The highest BCUT2D eigenvalue weighted by Gasteiger charge is 2.21. The third-order valence-corrected chi connectivity index (χ3v) is 2.70. The van der Waals surface area contributed by atoms with Crippen LogP contribution in [0.1, 0.15) is 37.3 Å². The first-order valence-corrected chi connectivity index (χ1v) is 6.41. The molecule has 1 aromatic rings. The molecule has 0 spiro atoms. The quantitative estimate of drug-likeness (QED) is 0.675. The Hall–Kier alpha value is -2.02. The Labute approximate surface area is 117 Å². The van der Waals surface area contributed by atoms with Gasteiger partial charge in [-0.2, -0.15) is 18.4 Å². The van der Waals surface area contributed by atoms with Crippen molar-refractivity contribution in [3.63, 3.8) is 0 Å². The van der Waals surface area contributed by atoms with Gasteiger partial charge in [0.05, 0.1) is 11.6 Å². The number of hydrogen-bond donors (Lipinski definition) is 0. The van der Waals surface area contributed by atoms with Crippen LogP contribution in [0.4, 0.5) is 13.2 Å². The summed E-state index contributed by atoms with van der Waals surface area (Å²) in [5, 5.41) is 8.70. The van der Waals surface area contributed by atoms with Gasteiger partial charge in [0.15, 0.2) is 0 Å². The van der Waals surface area contributed by atoms with Gasteiger partial charge in [-0.05, 0) is 36.1 Å². The van der Waals surface area contributed by atoms with Crippen molar-refractivity contribution in [2.75, 3.05) is 0 Å². The second kappa shape index (κ2) is 7.54. The first-order valence-electron chi connectivity index (χ1n) is 6.41. The molecule has 0 radical (unpaired) electrons. The largest absolute Gasteiger partial charge is 0.409 e. The van der Waals surface area contributed by atoms with Crippen LogP contribution in [0, 0.1) is 11.3 Å². The second-order valence-corrected chi connectivity index (χ2v) is 4.43. The molecule has 0 fully saturated rings. The Kier molecular flexibility index (Phi) is 6.05. The summed E-state index contributed by atoms with van der Waals surface area (Å²) in [6.07, 6.45) is 1.17. The van der Waals surface area contributed by atoms with Crippen LogP contribution in [0.25, 0.3) is 6.08 Å². The van der Waals surface area contributed by atoms with E-state index in [1.165, 1.54) is 0 Å². The molecule has 0 bridgehead atoms. The molecule has 0 saturated carbocycles. The van der Waals surface area contributed by atoms with Crippen molar-refractivity contribution < 1.29 is 13.2 Å². The van der Waals surface area contributed by atoms with Gasteiger partial charge in [-0.25, -0.2) is 0 Å². The Morgan fingerprint density at radius 1 is 1.25 bits per heavy atom. The molecule has 20 heavy (non-hydrogen) atoms. The maximum Gasteiger partial charge on any atom is 0.409 e. The maximum atomic E-state index is 12.2. The zero-order chi connectivity index (χ0) is 15.0. The van der Waals surface area contributed by atoms with Crippen molar-refractivity contribution in [3.05, 3.63) is 53.1 Å². The maximum absolute atomic E-state index is 12.2. The number of nitrogens with zero attached hydrogens (tertiary/aromatic N) is 1. The van der Waals surface area contributed by atoms with Crippen LogP contribution in [0.5, 0.6) is 0 Å². The summed E-state index contributed by atoms with van der Waals surface area (Å²) in [4.78, 5) is 0. The minimum atomic E-state index is -4.30. The summed E-state index contributed by atoms with van der Waals surface area (Å²) < 4.78 is 36.7. The molecule has 0 heterocycles. The lowest BCUT2D eigenvalue weighted by atomic mass is 10.0. The summed E-state index contributed by atoms with van der Waals surface area (Å²) in [6, 6.07) is 8.76. The normalized spacial score (nSPS) is 12.7. The average Bonchev–Trinajstić information content (AvgIpc) is 2.41. The van der Waals surface area contributed by atoms with Crippen LogP contribution in [0.2, 0.25) is 0 Å². The number of allylic oxidation sites excluding steroid dienone is 3. The molecule has 106 valence electrons. The van der Waals surface area contributed by atoms with Gasteiger partial charge in [0.25, 0.3) is 0 Å². The van der Waals surface area contributed by atoms with Gasteiger partial charge >= 0.3 is 6.18 Å². The van der Waals surface area contributed by atoms with Crippen molar-refractivity contribution in [1.29, 1.82) is 5.26 Å². The fourth-order valence-electron chi connectivity index (χ4n) is 1.65. The Bertz CT molecular complexity index is 516. The van der Waals surface area contributed by atoms with Gasteiger partial charge in [0.2, 0.25) is 0 Å². The topological polar surface area (TPSA) is 23.8 Å². The summed E-state index contributed by atoms with van der Waals surface area (Å²) >= 11 is 0. The van der Waals surface area contributed by atoms with Crippen molar-refractivity contribution >= 4 is 6.08 Å². The van der Waals surface area contributed by atoms with E-state index in [0.717, 1.165) is 24.5 Å². The van der Waals surface area contributed by atoms with E-state index in [1.54, 1.807) is 30.3 Å². The first kappa shape index (κ1) is 16.0. The molecule has 1 rings (SSSR count). The van der Waals surface area contributed by atoms with Crippen LogP contribution in [-0.4, -0.2) is 6.18 Å². The highest BCUT2D eigenvalue weighted by Crippen LogP contribution is 2.20. The lowest BCUT2D eigenvalue weighted by Gasteiger charge is -2.04. The third kappa shape index (κ3) is 6.24. The molecule has 0 aliphatic carbocycles. The lowest BCUT2D eigenvalue weighted by molar-refractivity contribution is -0.0798. The molecule has 1 nitrogen and oxygen atoms in total. The second-order valence-electron chi connectivity index (χ2n) is 4.43. The number of halogens is 3. The highest BCUT2D eigenvalue weighted by atomic mass is 19.4. The Morgan fingerprint density at radius 3 is 2.40 bits per heavy atom. The molecule has 0 unspecified atom stereocenters. The number of benzene rings is 1. The average molecular weight is 279 g/mol. The fourth-order valence-corrected chi connectivity index (χ4v) is 1.65. The minimum Gasteiger partial charge on any atom is -0.192 e. The fraction of sp³-hybridized carbons (Fsp3) is 0.312. The van der Waals surface area contributed by atoms with E-state index in [9.17, 15) is 13.2 Å². The van der Waals surface area contributed by atoms with E-state index >= 15 is 0 Å². The van der Waals surface area contributed by atoms with Gasteiger partial charge in [-0.3, -0.25) is 0 Å². The summed E-state index contributed by atoms with van der Waals surface area (Å²) in [5.74, 6) is 0. The molecule has 0 amide bonds. The van der Waals surface area contributed by atoms with Crippen molar-refractivity contribution in [1.82, 2.24) is 0 Å². The van der Waals surface area contributed by atoms with Gasteiger partial charge in [-0.15, -0.1) is 0 Å².